The summed E-state index contributed by atoms with van der Waals surface area (Å²) in [6.45, 7) is 4.52. The zero-order valence-electron chi connectivity index (χ0n) is 14.1. The van der Waals surface area contributed by atoms with Crippen LogP contribution >= 0.6 is 0 Å². The number of benzene rings is 1. The average Bonchev–Trinajstić information content (AvgIpc) is 2.52. The van der Waals surface area contributed by atoms with Crippen LogP contribution in [-0.2, 0) is 9.59 Å². The van der Waals surface area contributed by atoms with Crippen molar-refractivity contribution in [3.05, 3.63) is 41.0 Å². The molecule has 0 bridgehead atoms. The van der Waals surface area contributed by atoms with Crippen LogP contribution in [0.3, 0.4) is 0 Å². The minimum atomic E-state index is -0.270. The maximum absolute atomic E-state index is 12.0. The summed E-state index contributed by atoms with van der Waals surface area (Å²) in [5, 5.41) is 5.64. The predicted octanol–water partition coefficient (Wildman–Crippen LogP) is 3.64. The van der Waals surface area contributed by atoms with E-state index >= 15 is 0 Å². The van der Waals surface area contributed by atoms with Gasteiger partial charge in [0.2, 0.25) is 11.8 Å². The molecule has 0 spiro atoms. The Kier molecular flexibility index (Phi) is 6.39. The van der Waals surface area contributed by atoms with E-state index in [0.717, 1.165) is 36.1 Å². The van der Waals surface area contributed by atoms with E-state index in [9.17, 15) is 9.59 Å². The van der Waals surface area contributed by atoms with Crippen molar-refractivity contribution >= 4 is 17.5 Å². The fourth-order valence-corrected chi connectivity index (χ4v) is 2.77. The van der Waals surface area contributed by atoms with E-state index in [4.69, 9.17) is 0 Å². The van der Waals surface area contributed by atoms with Crippen molar-refractivity contribution in [3.63, 3.8) is 0 Å². The van der Waals surface area contributed by atoms with E-state index in [1.165, 1.54) is 18.4 Å². The Balaban J connectivity index is 1.73. The first-order chi connectivity index (χ1) is 11.0. The molecule has 2 rings (SSSR count). The number of aryl methyl sites for hydroxylation is 2. The Hall–Kier alpha value is -2.10. The fourth-order valence-electron chi connectivity index (χ4n) is 2.77. The first kappa shape index (κ1) is 17.3. The van der Waals surface area contributed by atoms with Gasteiger partial charge in [0.05, 0.1) is 0 Å². The molecule has 2 amide bonds. The smallest absolute Gasteiger partial charge is 0.233 e. The van der Waals surface area contributed by atoms with E-state index in [-0.39, 0.29) is 18.2 Å². The van der Waals surface area contributed by atoms with E-state index in [1.807, 2.05) is 32.0 Å². The summed E-state index contributed by atoms with van der Waals surface area (Å²) in [5.74, 6) is -0.489. The van der Waals surface area contributed by atoms with E-state index in [0.29, 0.717) is 6.54 Å². The molecule has 0 aliphatic heterocycles. The number of carbonyl (C=O) groups excluding carboxylic acids is 2. The normalized spacial score (nSPS) is 14.1. The number of allylic oxidation sites excluding steroid dienone is 1. The summed E-state index contributed by atoms with van der Waals surface area (Å²) in [7, 11) is 0. The lowest BCUT2D eigenvalue weighted by atomic mass is 9.97. The standard InChI is InChI=1S/C19H26N2O2/c1-14-8-9-15(2)17(12-14)21-19(23)13-18(22)20-11-10-16-6-4-3-5-7-16/h6,8-9,12H,3-5,7,10-11,13H2,1-2H3,(H,20,22)(H,21,23). The highest BCUT2D eigenvalue weighted by molar-refractivity contribution is 6.03. The number of amides is 2. The number of rotatable bonds is 6. The molecule has 4 nitrogen and oxygen atoms in total. The fraction of sp³-hybridized carbons (Fsp3) is 0.474. The highest BCUT2D eigenvalue weighted by Gasteiger charge is 2.11. The summed E-state index contributed by atoms with van der Waals surface area (Å²) in [4.78, 5) is 23.8. The van der Waals surface area contributed by atoms with Crippen LogP contribution in [0.1, 0.15) is 49.7 Å². The van der Waals surface area contributed by atoms with Gasteiger partial charge in [-0.15, -0.1) is 0 Å². The van der Waals surface area contributed by atoms with Gasteiger partial charge in [0, 0.05) is 12.2 Å². The van der Waals surface area contributed by atoms with Crippen LogP contribution in [0.5, 0.6) is 0 Å². The highest BCUT2D eigenvalue weighted by Crippen LogP contribution is 2.19. The first-order valence-corrected chi connectivity index (χ1v) is 8.36. The maximum atomic E-state index is 12.0. The van der Waals surface area contributed by atoms with Gasteiger partial charge in [-0.1, -0.05) is 23.8 Å². The molecule has 4 heteroatoms. The molecule has 0 heterocycles. The third kappa shape index (κ3) is 5.89. The number of anilines is 1. The summed E-state index contributed by atoms with van der Waals surface area (Å²) in [6.07, 6.45) is 7.86. The van der Waals surface area contributed by atoms with Crippen LogP contribution in [-0.4, -0.2) is 18.4 Å². The Morgan fingerprint density at radius 2 is 1.96 bits per heavy atom. The van der Waals surface area contributed by atoms with Gasteiger partial charge in [0.1, 0.15) is 6.42 Å². The van der Waals surface area contributed by atoms with Crippen LogP contribution in [0.4, 0.5) is 5.69 Å². The molecule has 2 N–H and O–H groups in total. The lowest BCUT2D eigenvalue weighted by Crippen LogP contribution is -2.29. The van der Waals surface area contributed by atoms with Crippen LogP contribution < -0.4 is 10.6 Å². The molecule has 1 aliphatic rings. The second-order valence-corrected chi connectivity index (χ2v) is 6.25. The second kappa shape index (κ2) is 8.51. The highest BCUT2D eigenvalue weighted by atomic mass is 16.2. The Morgan fingerprint density at radius 3 is 2.70 bits per heavy atom. The molecular weight excluding hydrogens is 288 g/mol. The lowest BCUT2D eigenvalue weighted by molar-refractivity contribution is -0.126. The predicted molar refractivity (Wildman–Crippen MR) is 93.3 cm³/mol. The van der Waals surface area contributed by atoms with Crippen molar-refractivity contribution in [1.29, 1.82) is 0 Å². The molecular formula is C19H26N2O2. The average molecular weight is 314 g/mol. The van der Waals surface area contributed by atoms with Crippen molar-refractivity contribution < 1.29 is 9.59 Å². The van der Waals surface area contributed by atoms with E-state index < -0.39 is 0 Å². The van der Waals surface area contributed by atoms with Gasteiger partial charge in [0.25, 0.3) is 0 Å². The minimum Gasteiger partial charge on any atom is -0.355 e. The van der Waals surface area contributed by atoms with Gasteiger partial charge in [0.15, 0.2) is 0 Å². The monoisotopic (exact) mass is 314 g/mol. The van der Waals surface area contributed by atoms with Crippen LogP contribution in [0.25, 0.3) is 0 Å². The zero-order chi connectivity index (χ0) is 16.7. The summed E-state index contributed by atoms with van der Waals surface area (Å²) in [6, 6.07) is 5.88. The number of hydrogen-bond donors (Lipinski definition) is 2. The van der Waals surface area contributed by atoms with Gasteiger partial charge in [-0.2, -0.15) is 0 Å². The molecule has 1 aromatic carbocycles. The molecule has 0 unspecified atom stereocenters. The quantitative estimate of drug-likeness (QED) is 0.622. The van der Waals surface area contributed by atoms with Crippen molar-refractivity contribution in [3.8, 4) is 0 Å². The molecule has 1 aliphatic carbocycles. The number of carbonyl (C=O) groups is 2. The zero-order valence-corrected chi connectivity index (χ0v) is 14.1. The number of nitrogens with one attached hydrogen (secondary N) is 2. The molecule has 0 saturated carbocycles. The summed E-state index contributed by atoms with van der Waals surface area (Å²) in [5.41, 5.74) is 4.27. The molecule has 124 valence electrons. The molecule has 0 radical (unpaired) electrons. The van der Waals surface area contributed by atoms with Gasteiger partial charge in [-0.25, -0.2) is 0 Å². The van der Waals surface area contributed by atoms with Gasteiger partial charge in [-0.05, 0) is 63.1 Å². The van der Waals surface area contributed by atoms with Crippen molar-refractivity contribution in [2.24, 2.45) is 0 Å². The summed E-state index contributed by atoms with van der Waals surface area (Å²) < 4.78 is 0. The van der Waals surface area contributed by atoms with Crippen molar-refractivity contribution in [1.82, 2.24) is 5.32 Å². The first-order valence-electron chi connectivity index (χ1n) is 8.36. The lowest BCUT2D eigenvalue weighted by Gasteiger charge is -2.13. The Morgan fingerprint density at radius 1 is 1.13 bits per heavy atom. The second-order valence-electron chi connectivity index (χ2n) is 6.25. The van der Waals surface area contributed by atoms with Gasteiger partial charge >= 0.3 is 0 Å². The largest absolute Gasteiger partial charge is 0.355 e. The van der Waals surface area contributed by atoms with E-state index in [2.05, 4.69) is 16.7 Å². The SMILES string of the molecule is Cc1ccc(C)c(NC(=O)CC(=O)NCCC2=CCCCC2)c1. The van der Waals surface area contributed by atoms with Crippen LogP contribution in [0.15, 0.2) is 29.8 Å². The van der Waals surface area contributed by atoms with Crippen LogP contribution in [0.2, 0.25) is 0 Å². The van der Waals surface area contributed by atoms with Crippen LogP contribution in [0, 0.1) is 13.8 Å². The Bertz CT molecular complexity index is 605. The van der Waals surface area contributed by atoms with Gasteiger partial charge < -0.3 is 10.6 Å². The number of hydrogen-bond acceptors (Lipinski definition) is 2. The molecule has 23 heavy (non-hydrogen) atoms. The molecule has 0 atom stereocenters. The third-order valence-corrected chi connectivity index (χ3v) is 4.14. The Labute approximate surface area is 138 Å². The third-order valence-electron chi connectivity index (χ3n) is 4.14. The van der Waals surface area contributed by atoms with E-state index in [1.54, 1.807) is 0 Å². The topological polar surface area (TPSA) is 58.2 Å². The van der Waals surface area contributed by atoms with Crippen molar-refractivity contribution in [2.75, 3.05) is 11.9 Å². The molecule has 0 fully saturated rings. The molecule has 0 saturated heterocycles. The molecule has 1 aromatic rings. The minimum absolute atomic E-state index is 0.133. The molecule has 0 aromatic heterocycles. The summed E-state index contributed by atoms with van der Waals surface area (Å²) >= 11 is 0. The van der Waals surface area contributed by atoms with Crippen molar-refractivity contribution in [2.45, 2.75) is 52.4 Å². The maximum Gasteiger partial charge on any atom is 0.233 e. The van der Waals surface area contributed by atoms with Gasteiger partial charge in [-0.3, -0.25) is 9.59 Å².